The lowest BCUT2D eigenvalue weighted by Crippen LogP contribution is -2.26. The summed E-state index contributed by atoms with van der Waals surface area (Å²) in [4.78, 5) is 13.9. The third-order valence-electron chi connectivity index (χ3n) is 2.95. The summed E-state index contributed by atoms with van der Waals surface area (Å²) in [7, 11) is 1.59. The molecule has 0 aliphatic rings. The molecule has 0 aliphatic heterocycles. The fourth-order valence-corrected chi connectivity index (χ4v) is 2.27. The van der Waals surface area contributed by atoms with Crippen LogP contribution in [-0.2, 0) is 0 Å². The number of nitrogens with two attached hydrogens (primary N) is 1. The number of rotatable bonds is 2. The van der Waals surface area contributed by atoms with Crippen LogP contribution < -0.4 is 10.6 Å². The maximum Gasteiger partial charge on any atom is 0.259 e. The van der Waals surface area contributed by atoms with Crippen molar-refractivity contribution in [2.75, 3.05) is 17.7 Å². The van der Waals surface area contributed by atoms with Crippen LogP contribution >= 0.6 is 23.2 Å². The van der Waals surface area contributed by atoms with Gasteiger partial charge in [-0.05, 0) is 30.3 Å². The molecule has 0 heterocycles. The summed E-state index contributed by atoms with van der Waals surface area (Å²) < 4.78 is 0. The highest BCUT2D eigenvalue weighted by atomic mass is 35.5. The van der Waals surface area contributed by atoms with Gasteiger partial charge in [0.25, 0.3) is 5.91 Å². The van der Waals surface area contributed by atoms with E-state index in [-0.39, 0.29) is 21.5 Å². The predicted octanol–water partition coefficient (Wildman–Crippen LogP) is 3.72. The second-order valence-corrected chi connectivity index (χ2v) is 5.18. The number of nitrogen functional groups attached to an aromatic ring is 1. The van der Waals surface area contributed by atoms with E-state index in [9.17, 15) is 4.79 Å². The monoisotopic (exact) mass is 319 g/mol. The highest BCUT2D eigenvalue weighted by Crippen LogP contribution is 2.30. The zero-order valence-electron chi connectivity index (χ0n) is 11.1. The Morgan fingerprint density at radius 2 is 2.00 bits per heavy atom. The molecule has 0 spiro atoms. The maximum atomic E-state index is 12.5. The molecule has 4 nitrogen and oxygen atoms in total. The van der Waals surface area contributed by atoms with E-state index >= 15 is 0 Å². The Morgan fingerprint density at radius 3 is 2.67 bits per heavy atom. The van der Waals surface area contributed by atoms with Crippen molar-refractivity contribution in [1.82, 2.24) is 0 Å². The van der Waals surface area contributed by atoms with Crippen molar-refractivity contribution in [3.05, 3.63) is 57.6 Å². The lowest BCUT2D eigenvalue weighted by Gasteiger charge is -2.19. The van der Waals surface area contributed by atoms with Crippen molar-refractivity contribution in [1.29, 1.82) is 5.26 Å². The first-order valence-corrected chi connectivity index (χ1v) is 6.72. The van der Waals surface area contributed by atoms with E-state index in [1.807, 2.05) is 6.07 Å². The number of benzene rings is 2. The van der Waals surface area contributed by atoms with Crippen LogP contribution in [0.1, 0.15) is 15.9 Å². The van der Waals surface area contributed by atoms with Gasteiger partial charge in [-0.15, -0.1) is 0 Å². The topological polar surface area (TPSA) is 70.1 Å². The first kappa shape index (κ1) is 15.2. The van der Waals surface area contributed by atoms with E-state index in [1.54, 1.807) is 31.3 Å². The maximum absolute atomic E-state index is 12.5. The van der Waals surface area contributed by atoms with Crippen molar-refractivity contribution in [3.63, 3.8) is 0 Å². The van der Waals surface area contributed by atoms with Gasteiger partial charge in [0, 0.05) is 18.4 Å². The number of hydrogen-bond donors (Lipinski definition) is 1. The molecular weight excluding hydrogens is 309 g/mol. The molecule has 6 heteroatoms. The van der Waals surface area contributed by atoms with Gasteiger partial charge in [0.15, 0.2) is 0 Å². The first-order valence-electron chi connectivity index (χ1n) is 5.96. The van der Waals surface area contributed by atoms with Crippen LogP contribution in [0.4, 0.5) is 11.4 Å². The fourth-order valence-electron chi connectivity index (χ4n) is 1.85. The Morgan fingerprint density at radius 1 is 1.29 bits per heavy atom. The average Bonchev–Trinajstić information content (AvgIpc) is 2.49. The Hall–Kier alpha value is -2.22. The largest absolute Gasteiger partial charge is 0.399 e. The molecule has 0 aromatic heterocycles. The van der Waals surface area contributed by atoms with E-state index in [2.05, 4.69) is 0 Å². The molecule has 0 aliphatic carbocycles. The fraction of sp³-hybridized carbons (Fsp3) is 0.0667. The molecule has 2 N–H and O–H groups in total. The number of halogens is 2. The number of amides is 1. The third kappa shape index (κ3) is 3.10. The van der Waals surface area contributed by atoms with E-state index in [0.29, 0.717) is 16.9 Å². The summed E-state index contributed by atoms with van der Waals surface area (Å²) in [6.07, 6.45) is 0. The van der Waals surface area contributed by atoms with Gasteiger partial charge in [0.1, 0.15) is 0 Å². The molecule has 0 atom stereocenters. The lowest BCUT2D eigenvalue weighted by molar-refractivity contribution is 0.0993. The number of nitriles is 1. The van der Waals surface area contributed by atoms with Gasteiger partial charge in [0.2, 0.25) is 0 Å². The third-order valence-corrected chi connectivity index (χ3v) is 3.75. The smallest absolute Gasteiger partial charge is 0.259 e. The van der Waals surface area contributed by atoms with Gasteiger partial charge in [-0.3, -0.25) is 4.79 Å². The zero-order chi connectivity index (χ0) is 15.6. The molecule has 2 aromatic carbocycles. The first-order chi connectivity index (χ1) is 9.93. The summed E-state index contributed by atoms with van der Waals surface area (Å²) in [5.41, 5.74) is 7.30. The number of hydrogen-bond acceptors (Lipinski definition) is 3. The molecule has 0 radical (unpaired) electrons. The minimum absolute atomic E-state index is 0.152. The average molecular weight is 320 g/mol. The molecule has 0 unspecified atom stereocenters. The van der Waals surface area contributed by atoms with Gasteiger partial charge in [0.05, 0.1) is 27.2 Å². The standard InChI is InChI=1S/C15H11Cl2N3O/c1-20(11-4-2-3-9(5-11)8-18)15(21)12-6-10(19)7-13(16)14(12)17/h2-7H,19H2,1H3. The van der Waals surface area contributed by atoms with Crippen LogP contribution in [0.3, 0.4) is 0 Å². The molecular formula is C15H11Cl2N3O. The Balaban J connectivity index is 2.42. The van der Waals surface area contributed by atoms with Crippen molar-refractivity contribution in [3.8, 4) is 6.07 Å². The van der Waals surface area contributed by atoms with Crippen molar-refractivity contribution < 1.29 is 4.79 Å². The normalized spacial score (nSPS) is 10.0. The molecule has 2 aromatic rings. The number of anilines is 2. The minimum atomic E-state index is -0.357. The quantitative estimate of drug-likeness (QED) is 0.857. The van der Waals surface area contributed by atoms with E-state index < -0.39 is 0 Å². The summed E-state index contributed by atoms with van der Waals surface area (Å²) in [5.74, 6) is -0.357. The van der Waals surface area contributed by atoms with E-state index in [0.717, 1.165) is 0 Å². The summed E-state index contributed by atoms with van der Waals surface area (Å²) in [6, 6.07) is 11.7. The van der Waals surface area contributed by atoms with Crippen LogP contribution in [0.5, 0.6) is 0 Å². The van der Waals surface area contributed by atoms with Gasteiger partial charge < -0.3 is 10.6 Å². The Labute approximate surface area is 132 Å². The zero-order valence-corrected chi connectivity index (χ0v) is 12.6. The molecule has 2 rings (SSSR count). The van der Waals surface area contributed by atoms with Gasteiger partial charge in [-0.1, -0.05) is 29.3 Å². The van der Waals surface area contributed by atoms with E-state index in [4.69, 9.17) is 34.2 Å². The Kier molecular flexibility index (Phi) is 4.37. The molecule has 106 valence electrons. The molecule has 1 amide bonds. The second kappa shape index (κ2) is 6.04. The lowest BCUT2D eigenvalue weighted by atomic mass is 10.1. The van der Waals surface area contributed by atoms with Crippen LogP contribution in [-0.4, -0.2) is 13.0 Å². The molecule has 0 bridgehead atoms. The number of nitrogens with zero attached hydrogens (tertiary/aromatic N) is 2. The summed E-state index contributed by atoms with van der Waals surface area (Å²) in [6.45, 7) is 0. The second-order valence-electron chi connectivity index (χ2n) is 4.39. The summed E-state index contributed by atoms with van der Waals surface area (Å²) in [5, 5.41) is 9.28. The highest BCUT2D eigenvalue weighted by molar-refractivity contribution is 6.44. The van der Waals surface area contributed by atoms with Crippen LogP contribution in [0.2, 0.25) is 10.0 Å². The minimum Gasteiger partial charge on any atom is -0.399 e. The van der Waals surface area contributed by atoms with Gasteiger partial charge in [-0.2, -0.15) is 5.26 Å². The summed E-state index contributed by atoms with van der Waals surface area (Å²) >= 11 is 12.0. The SMILES string of the molecule is CN(C(=O)c1cc(N)cc(Cl)c1Cl)c1cccc(C#N)c1. The van der Waals surface area contributed by atoms with Crippen LogP contribution in [0, 0.1) is 11.3 Å². The van der Waals surface area contributed by atoms with Gasteiger partial charge >= 0.3 is 0 Å². The van der Waals surface area contributed by atoms with Crippen molar-refractivity contribution in [2.45, 2.75) is 0 Å². The Bertz CT molecular complexity index is 753. The van der Waals surface area contributed by atoms with Crippen LogP contribution in [0.15, 0.2) is 36.4 Å². The molecule has 21 heavy (non-hydrogen) atoms. The molecule has 0 saturated carbocycles. The molecule has 0 fully saturated rings. The number of carbonyl (C=O) groups is 1. The van der Waals surface area contributed by atoms with Crippen molar-refractivity contribution >= 4 is 40.5 Å². The van der Waals surface area contributed by atoms with Crippen molar-refractivity contribution in [2.24, 2.45) is 0 Å². The molecule has 0 saturated heterocycles. The predicted molar refractivity (Wildman–Crippen MR) is 84.8 cm³/mol. The van der Waals surface area contributed by atoms with E-state index in [1.165, 1.54) is 17.0 Å². The van der Waals surface area contributed by atoms with Gasteiger partial charge in [-0.25, -0.2) is 0 Å². The van der Waals surface area contributed by atoms with Crippen LogP contribution in [0.25, 0.3) is 0 Å². The number of carbonyl (C=O) groups excluding carboxylic acids is 1. The highest BCUT2D eigenvalue weighted by Gasteiger charge is 2.19.